The fourth-order valence-electron chi connectivity index (χ4n) is 2.61. The van der Waals surface area contributed by atoms with Crippen LogP contribution in [0.1, 0.15) is 25.7 Å². The molecule has 136 valence electrons. The van der Waals surface area contributed by atoms with Crippen LogP contribution in [0.25, 0.3) is 0 Å². The lowest BCUT2D eigenvalue weighted by Crippen LogP contribution is -2.38. The number of methoxy groups -OCH3 is 1. The third-order valence-corrected chi connectivity index (χ3v) is 6.93. The summed E-state index contributed by atoms with van der Waals surface area (Å²) in [6.45, 7) is -0.236. The molecule has 1 aromatic carbocycles. The van der Waals surface area contributed by atoms with Gasteiger partial charge < -0.3 is 4.74 Å². The van der Waals surface area contributed by atoms with Crippen molar-refractivity contribution < 1.29 is 21.6 Å². The van der Waals surface area contributed by atoms with Gasteiger partial charge in [-0.1, -0.05) is 24.4 Å². The lowest BCUT2D eigenvalue weighted by atomic mass is 10.3. The molecule has 0 unspecified atom stereocenters. The van der Waals surface area contributed by atoms with Crippen molar-refractivity contribution >= 4 is 31.6 Å². The van der Waals surface area contributed by atoms with Gasteiger partial charge in [-0.3, -0.25) is 0 Å². The Labute approximate surface area is 147 Å². The zero-order valence-electron chi connectivity index (χ0n) is 13.3. The van der Waals surface area contributed by atoms with Gasteiger partial charge in [0.05, 0.1) is 12.9 Å². The summed E-state index contributed by atoms with van der Waals surface area (Å²) >= 11 is 5.83. The minimum absolute atomic E-state index is 0.0420. The topological polar surface area (TPSA) is 102 Å². The van der Waals surface area contributed by atoms with Crippen LogP contribution in [0.15, 0.2) is 23.1 Å². The van der Waals surface area contributed by atoms with Crippen molar-refractivity contribution in [3.63, 3.8) is 0 Å². The zero-order chi connectivity index (χ0) is 17.8. The first-order chi connectivity index (χ1) is 11.2. The number of rotatable bonds is 8. The van der Waals surface area contributed by atoms with E-state index in [1.54, 1.807) is 0 Å². The lowest BCUT2D eigenvalue weighted by molar-refractivity contribution is 0.402. The maximum Gasteiger partial charge on any atom is 0.244 e. The van der Waals surface area contributed by atoms with Gasteiger partial charge in [-0.2, -0.15) is 0 Å². The normalized spacial score (nSPS) is 16.4. The molecular formula is C14H21ClN2O5S2. The van der Waals surface area contributed by atoms with Crippen LogP contribution in [0.5, 0.6) is 5.75 Å². The van der Waals surface area contributed by atoms with Crippen LogP contribution in [0, 0.1) is 0 Å². The molecule has 0 aromatic heterocycles. The van der Waals surface area contributed by atoms with Crippen molar-refractivity contribution in [2.45, 2.75) is 36.6 Å². The molecule has 10 heteroatoms. The highest BCUT2D eigenvalue weighted by Gasteiger charge is 2.23. The Kier molecular flexibility index (Phi) is 6.49. The number of hydrogen-bond donors (Lipinski definition) is 2. The molecule has 0 atom stereocenters. The average molecular weight is 397 g/mol. The van der Waals surface area contributed by atoms with Crippen molar-refractivity contribution in [2.75, 3.05) is 19.4 Å². The van der Waals surface area contributed by atoms with E-state index in [4.69, 9.17) is 16.3 Å². The van der Waals surface area contributed by atoms with Crippen LogP contribution >= 0.6 is 11.6 Å². The summed E-state index contributed by atoms with van der Waals surface area (Å²) in [5.74, 6) is -0.190. The van der Waals surface area contributed by atoms with Gasteiger partial charge in [-0.25, -0.2) is 26.3 Å². The van der Waals surface area contributed by atoms with Crippen LogP contribution < -0.4 is 14.2 Å². The molecule has 1 aliphatic carbocycles. The average Bonchev–Trinajstić information content (AvgIpc) is 2.98. The third kappa shape index (κ3) is 5.32. The molecule has 0 amide bonds. The van der Waals surface area contributed by atoms with Crippen molar-refractivity contribution in [1.82, 2.24) is 9.44 Å². The molecule has 2 rings (SSSR count). The smallest absolute Gasteiger partial charge is 0.244 e. The van der Waals surface area contributed by atoms with E-state index in [1.165, 1.54) is 25.3 Å². The molecular weight excluding hydrogens is 376 g/mol. The first-order valence-corrected chi connectivity index (χ1v) is 11.1. The molecule has 1 fully saturated rings. The first-order valence-electron chi connectivity index (χ1n) is 7.57. The molecule has 24 heavy (non-hydrogen) atoms. The van der Waals surface area contributed by atoms with Gasteiger partial charge in [0, 0.05) is 17.6 Å². The van der Waals surface area contributed by atoms with E-state index < -0.39 is 20.0 Å². The summed E-state index contributed by atoms with van der Waals surface area (Å²) in [6, 6.07) is 4.17. The second kappa shape index (κ2) is 8.01. The maximum atomic E-state index is 12.3. The molecule has 1 saturated carbocycles. The van der Waals surface area contributed by atoms with E-state index in [0.717, 1.165) is 25.7 Å². The van der Waals surface area contributed by atoms with Gasteiger partial charge in [-0.15, -0.1) is 0 Å². The summed E-state index contributed by atoms with van der Waals surface area (Å²) in [4.78, 5) is -0.126. The van der Waals surface area contributed by atoms with Crippen LogP contribution in [-0.2, 0) is 20.0 Å². The van der Waals surface area contributed by atoms with E-state index in [1.807, 2.05) is 0 Å². The summed E-state index contributed by atoms with van der Waals surface area (Å²) in [5, 5.41) is 0.242. The summed E-state index contributed by atoms with van der Waals surface area (Å²) in [7, 11) is -6.11. The van der Waals surface area contributed by atoms with E-state index in [2.05, 4.69) is 9.44 Å². The van der Waals surface area contributed by atoms with Crippen LogP contribution in [0.3, 0.4) is 0 Å². The molecule has 0 heterocycles. The van der Waals surface area contributed by atoms with Gasteiger partial charge in [-0.05, 0) is 31.0 Å². The molecule has 7 nitrogen and oxygen atoms in total. The number of nitrogens with one attached hydrogen (secondary N) is 2. The molecule has 0 spiro atoms. The van der Waals surface area contributed by atoms with Crippen LogP contribution in [0.2, 0.25) is 5.02 Å². The van der Waals surface area contributed by atoms with Crippen LogP contribution in [0.4, 0.5) is 0 Å². The molecule has 1 aliphatic rings. The first kappa shape index (κ1) is 19.5. The predicted molar refractivity (Wildman–Crippen MR) is 92.4 cm³/mol. The lowest BCUT2D eigenvalue weighted by Gasteiger charge is -2.14. The third-order valence-electron chi connectivity index (χ3n) is 3.78. The van der Waals surface area contributed by atoms with Gasteiger partial charge in [0.2, 0.25) is 20.0 Å². The Morgan fingerprint density at radius 3 is 2.50 bits per heavy atom. The predicted octanol–water partition coefficient (Wildman–Crippen LogP) is 1.49. The Balaban J connectivity index is 1.99. The largest absolute Gasteiger partial charge is 0.495 e. The minimum atomic E-state index is -3.93. The van der Waals surface area contributed by atoms with E-state index in [0.29, 0.717) is 0 Å². The Morgan fingerprint density at radius 1 is 1.21 bits per heavy atom. The maximum absolute atomic E-state index is 12.3. The monoisotopic (exact) mass is 396 g/mol. The van der Waals surface area contributed by atoms with Gasteiger partial charge >= 0.3 is 0 Å². The zero-order valence-corrected chi connectivity index (χ0v) is 15.7. The molecule has 0 aliphatic heterocycles. The van der Waals surface area contributed by atoms with Gasteiger partial charge in [0.1, 0.15) is 10.6 Å². The van der Waals surface area contributed by atoms with Crippen molar-refractivity contribution in [1.29, 1.82) is 0 Å². The standard InChI is InChI=1S/C14H21ClN2O5S2/c1-22-13-7-6-11(15)10-14(13)24(20,21)16-8-9-23(18,19)17-12-4-2-3-5-12/h6-7,10,12,16-17H,2-5,8-9H2,1H3. The highest BCUT2D eigenvalue weighted by atomic mass is 35.5. The number of halogens is 1. The Bertz CT molecular complexity index is 774. The second-order valence-electron chi connectivity index (χ2n) is 5.61. The fourth-order valence-corrected chi connectivity index (χ4v) is 5.43. The molecule has 2 N–H and O–H groups in total. The van der Waals surface area contributed by atoms with Crippen molar-refractivity contribution in [3.05, 3.63) is 23.2 Å². The second-order valence-corrected chi connectivity index (χ2v) is 9.66. The number of sulfonamides is 2. The number of benzene rings is 1. The summed E-state index contributed by atoms with van der Waals surface area (Å²) in [5.41, 5.74) is 0. The SMILES string of the molecule is COc1ccc(Cl)cc1S(=O)(=O)NCCS(=O)(=O)NC1CCCC1. The van der Waals surface area contributed by atoms with E-state index in [9.17, 15) is 16.8 Å². The summed E-state index contributed by atoms with van der Waals surface area (Å²) in [6.07, 6.45) is 3.66. The van der Waals surface area contributed by atoms with Crippen molar-refractivity contribution in [2.24, 2.45) is 0 Å². The van der Waals surface area contributed by atoms with E-state index >= 15 is 0 Å². The highest BCUT2D eigenvalue weighted by Crippen LogP contribution is 2.26. The van der Waals surface area contributed by atoms with Crippen LogP contribution in [-0.4, -0.2) is 42.3 Å². The molecule has 0 bridgehead atoms. The fraction of sp³-hybridized carbons (Fsp3) is 0.571. The number of ether oxygens (including phenoxy) is 1. The van der Waals surface area contributed by atoms with E-state index in [-0.39, 0.29) is 34.0 Å². The van der Waals surface area contributed by atoms with Gasteiger partial charge in [0.25, 0.3) is 0 Å². The van der Waals surface area contributed by atoms with Gasteiger partial charge in [0.15, 0.2) is 0 Å². The minimum Gasteiger partial charge on any atom is -0.495 e. The summed E-state index contributed by atoms with van der Waals surface area (Å²) < 4.78 is 58.5. The highest BCUT2D eigenvalue weighted by molar-refractivity contribution is 7.90. The Hall–Kier alpha value is -0.870. The molecule has 1 aromatic rings. The number of hydrogen-bond acceptors (Lipinski definition) is 5. The van der Waals surface area contributed by atoms with Crippen molar-refractivity contribution in [3.8, 4) is 5.75 Å². The Morgan fingerprint density at radius 2 is 1.88 bits per heavy atom. The quantitative estimate of drug-likeness (QED) is 0.693. The molecule has 0 radical (unpaired) electrons. The molecule has 0 saturated heterocycles.